The average molecular weight is 480 g/mol. The molecule has 1 atom stereocenters. The van der Waals surface area contributed by atoms with Gasteiger partial charge in [0.25, 0.3) is 0 Å². The minimum Gasteiger partial charge on any atom is -0.387 e. The standard InChI is InChI=1S/C22H22ClN9O2/c23-19-16(18(33)12-31-3-5-34-6-4-31)7-13(9-24)8-17(19)28-22-29-20(27-14-1-2-14)21-26-11-15(10-25)32(21)30-22/h7-8,11,14,18,33H,1-6,12H2,(H2,27,28,29,30). The van der Waals surface area contributed by atoms with E-state index in [1.807, 2.05) is 0 Å². The number of β-amino-alcohol motifs (C(OH)–C–C–N with tert-alkyl or cyclic N) is 1. The Labute approximate surface area is 200 Å². The van der Waals surface area contributed by atoms with E-state index in [2.05, 4.69) is 42.7 Å². The third kappa shape index (κ3) is 4.60. The van der Waals surface area contributed by atoms with Crippen LogP contribution in [0.25, 0.3) is 5.65 Å². The molecule has 0 spiro atoms. The topological polar surface area (TPSA) is 147 Å². The number of aromatic nitrogens is 4. The molecule has 2 aliphatic rings. The molecule has 2 fully saturated rings. The zero-order valence-electron chi connectivity index (χ0n) is 18.2. The zero-order valence-corrected chi connectivity index (χ0v) is 19.0. The number of hydrogen-bond acceptors (Lipinski definition) is 10. The Kier molecular flexibility index (Phi) is 6.18. The van der Waals surface area contributed by atoms with Gasteiger partial charge in [-0.1, -0.05) is 11.6 Å². The number of ether oxygens (including phenoxy) is 1. The highest BCUT2D eigenvalue weighted by Crippen LogP contribution is 2.34. The minimum absolute atomic E-state index is 0.177. The fourth-order valence-corrected chi connectivity index (χ4v) is 4.10. The van der Waals surface area contributed by atoms with Crippen LogP contribution in [0.1, 0.15) is 35.8 Å². The highest BCUT2D eigenvalue weighted by atomic mass is 35.5. The van der Waals surface area contributed by atoms with Gasteiger partial charge in [-0.2, -0.15) is 20.0 Å². The predicted octanol–water partition coefficient (Wildman–Crippen LogP) is 2.20. The second-order valence-corrected chi connectivity index (χ2v) is 8.66. The molecule has 1 unspecified atom stereocenters. The maximum atomic E-state index is 10.9. The smallest absolute Gasteiger partial charge is 0.247 e. The highest BCUT2D eigenvalue weighted by Gasteiger charge is 2.25. The quantitative estimate of drug-likeness (QED) is 0.460. The first-order chi connectivity index (χ1) is 16.6. The Morgan fingerprint density at radius 1 is 1.24 bits per heavy atom. The van der Waals surface area contributed by atoms with E-state index >= 15 is 0 Å². The van der Waals surface area contributed by atoms with Gasteiger partial charge in [0.15, 0.2) is 17.2 Å². The third-order valence-corrected chi connectivity index (χ3v) is 6.19. The number of morpholine rings is 1. The molecule has 11 nitrogen and oxygen atoms in total. The summed E-state index contributed by atoms with van der Waals surface area (Å²) in [6.07, 6.45) is 2.61. The summed E-state index contributed by atoms with van der Waals surface area (Å²) >= 11 is 6.67. The van der Waals surface area contributed by atoms with Gasteiger partial charge in [0.2, 0.25) is 5.95 Å². The van der Waals surface area contributed by atoms with Crippen molar-refractivity contribution in [3.05, 3.63) is 40.2 Å². The fourth-order valence-electron chi connectivity index (χ4n) is 3.82. The molecule has 0 bridgehead atoms. The van der Waals surface area contributed by atoms with E-state index in [4.69, 9.17) is 16.3 Å². The van der Waals surface area contributed by atoms with Gasteiger partial charge in [-0.25, -0.2) is 4.98 Å². The first-order valence-corrected chi connectivity index (χ1v) is 11.3. The van der Waals surface area contributed by atoms with Crippen LogP contribution in [0, 0.1) is 22.7 Å². The Hall–Kier alpha value is -3.48. The molecule has 1 aromatic carbocycles. The van der Waals surface area contributed by atoms with Crippen LogP contribution >= 0.6 is 11.6 Å². The van der Waals surface area contributed by atoms with Gasteiger partial charge >= 0.3 is 0 Å². The van der Waals surface area contributed by atoms with E-state index in [0.29, 0.717) is 67.2 Å². The van der Waals surface area contributed by atoms with E-state index in [9.17, 15) is 15.6 Å². The van der Waals surface area contributed by atoms with Gasteiger partial charge in [0.1, 0.15) is 6.07 Å². The number of rotatable bonds is 7. The molecule has 0 amide bonds. The number of halogens is 1. The number of aliphatic hydroxyl groups is 1. The molecule has 3 N–H and O–H groups in total. The summed E-state index contributed by atoms with van der Waals surface area (Å²) in [5.74, 6) is 0.678. The molecule has 3 aromatic rings. The largest absolute Gasteiger partial charge is 0.387 e. The molecule has 1 saturated carbocycles. The monoisotopic (exact) mass is 479 g/mol. The van der Waals surface area contributed by atoms with E-state index in [-0.39, 0.29) is 16.7 Å². The number of aliphatic hydroxyl groups excluding tert-OH is 1. The van der Waals surface area contributed by atoms with E-state index in [1.165, 1.54) is 10.7 Å². The maximum Gasteiger partial charge on any atom is 0.247 e. The number of fused-ring (bicyclic) bond motifs is 1. The summed E-state index contributed by atoms with van der Waals surface area (Å²) < 4.78 is 6.78. The molecule has 1 saturated heterocycles. The number of nitriles is 2. The van der Waals surface area contributed by atoms with Crippen LogP contribution in [0.15, 0.2) is 18.3 Å². The van der Waals surface area contributed by atoms with Crippen molar-refractivity contribution in [1.82, 2.24) is 24.5 Å². The lowest BCUT2D eigenvalue weighted by molar-refractivity contribution is 0.0143. The van der Waals surface area contributed by atoms with Crippen LogP contribution in [0.2, 0.25) is 5.02 Å². The number of imidazole rings is 1. The lowest BCUT2D eigenvalue weighted by atomic mass is 10.0. The molecular formula is C22H22ClN9O2. The van der Waals surface area contributed by atoms with Crippen LogP contribution in [0.3, 0.4) is 0 Å². The van der Waals surface area contributed by atoms with Crippen molar-refractivity contribution in [2.75, 3.05) is 43.5 Å². The molecule has 12 heteroatoms. The molecule has 1 aliphatic heterocycles. The predicted molar refractivity (Wildman–Crippen MR) is 124 cm³/mol. The molecule has 5 rings (SSSR count). The first kappa shape index (κ1) is 22.3. The Balaban J connectivity index is 1.48. The number of hydrogen-bond donors (Lipinski definition) is 3. The minimum atomic E-state index is -0.895. The zero-order chi connectivity index (χ0) is 23.7. The van der Waals surface area contributed by atoms with Crippen molar-refractivity contribution in [2.24, 2.45) is 0 Å². The fraction of sp³-hybridized carbons (Fsp3) is 0.409. The Morgan fingerprint density at radius 2 is 2.03 bits per heavy atom. The summed E-state index contributed by atoms with van der Waals surface area (Å²) in [4.78, 5) is 10.9. The number of benzene rings is 1. The first-order valence-electron chi connectivity index (χ1n) is 11.0. The molecule has 1 aliphatic carbocycles. The van der Waals surface area contributed by atoms with Gasteiger partial charge in [-0.3, -0.25) is 4.90 Å². The van der Waals surface area contributed by atoms with Crippen LogP contribution in [-0.2, 0) is 4.74 Å². The lowest BCUT2D eigenvalue weighted by Crippen LogP contribution is -2.38. The number of nitrogens with one attached hydrogen (secondary N) is 2. The number of anilines is 3. The summed E-state index contributed by atoms with van der Waals surface area (Å²) in [6.45, 7) is 3.03. The Bertz CT molecular complexity index is 1300. The van der Waals surface area contributed by atoms with Crippen molar-refractivity contribution in [2.45, 2.75) is 25.0 Å². The van der Waals surface area contributed by atoms with Gasteiger partial charge < -0.3 is 20.5 Å². The molecule has 0 radical (unpaired) electrons. The van der Waals surface area contributed by atoms with Crippen molar-refractivity contribution in [3.63, 3.8) is 0 Å². The van der Waals surface area contributed by atoms with Crippen LogP contribution in [0.5, 0.6) is 0 Å². The molecule has 34 heavy (non-hydrogen) atoms. The summed E-state index contributed by atoms with van der Waals surface area (Å²) in [5.41, 5.74) is 1.87. The Morgan fingerprint density at radius 3 is 2.74 bits per heavy atom. The van der Waals surface area contributed by atoms with Crippen molar-refractivity contribution in [1.29, 1.82) is 10.5 Å². The van der Waals surface area contributed by atoms with Gasteiger partial charge in [-0.15, -0.1) is 5.10 Å². The SMILES string of the molecule is N#Cc1cc(Nc2nc(NC3CC3)c3ncc(C#N)n3n2)c(Cl)c(C(O)CN2CCOCC2)c1. The second-order valence-electron chi connectivity index (χ2n) is 8.29. The molecule has 174 valence electrons. The highest BCUT2D eigenvalue weighted by molar-refractivity contribution is 6.34. The molecular weight excluding hydrogens is 458 g/mol. The van der Waals surface area contributed by atoms with Gasteiger partial charge in [0, 0.05) is 31.2 Å². The van der Waals surface area contributed by atoms with E-state index in [0.717, 1.165) is 12.8 Å². The molecule has 3 heterocycles. The summed E-state index contributed by atoms with van der Waals surface area (Å²) in [7, 11) is 0. The maximum absolute atomic E-state index is 10.9. The van der Waals surface area contributed by atoms with Crippen molar-refractivity contribution >= 4 is 34.7 Å². The number of nitrogens with zero attached hydrogens (tertiary/aromatic N) is 7. The summed E-state index contributed by atoms with van der Waals surface area (Å²) in [5, 5.41) is 40.9. The van der Waals surface area contributed by atoms with Crippen molar-refractivity contribution < 1.29 is 9.84 Å². The van der Waals surface area contributed by atoms with Crippen LogP contribution < -0.4 is 10.6 Å². The third-order valence-electron chi connectivity index (χ3n) is 5.77. The molecule has 2 aromatic heterocycles. The summed E-state index contributed by atoms with van der Waals surface area (Å²) in [6, 6.07) is 7.66. The van der Waals surface area contributed by atoms with Gasteiger partial charge in [0.05, 0.1) is 47.9 Å². The van der Waals surface area contributed by atoms with Gasteiger partial charge in [-0.05, 0) is 25.0 Å². The normalized spacial score (nSPS) is 17.2. The van der Waals surface area contributed by atoms with E-state index in [1.54, 1.807) is 12.1 Å². The average Bonchev–Trinajstić information content (AvgIpc) is 3.56. The lowest BCUT2D eigenvalue weighted by Gasteiger charge is -2.29. The van der Waals surface area contributed by atoms with Crippen LogP contribution in [0.4, 0.5) is 17.5 Å². The van der Waals surface area contributed by atoms with E-state index < -0.39 is 6.10 Å². The second kappa shape index (κ2) is 9.41. The van der Waals surface area contributed by atoms with Crippen molar-refractivity contribution in [3.8, 4) is 12.1 Å². The van der Waals surface area contributed by atoms with Crippen LogP contribution in [-0.4, -0.2) is 68.5 Å².